The van der Waals surface area contributed by atoms with Crippen LogP contribution in [0.25, 0.3) is 89.4 Å². The average molecular weight is 833 g/mol. The number of aromatic nitrogens is 4. The number of pyridine rings is 1. The summed E-state index contributed by atoms with van der Waals surface area (Å²) < 4.78 is 0. The second-order valence-electron chi connectivity index (χ2n) is 16.5. The molecular weight excluding hydrogens is 797 g/mol. The SMILES string of the molecule is c1ccc(-c2cccc(-c3nc(-c4ccccc4)nc(-c4ccc5nc(-c6ccccc6)c6ccc7c(c6c5c4)-c4ccccc4C74c5ccccc5Sc5ccccc54)n3)c2)cc1. The molecule has 1 aliphatic carbocycles. The lowest BCUT2D eigenvalue weighted by Crippen LogP contribution is -2.31. The zero-order chi connectivity index (χ0) is 42.2. The molecule has 1 spiro atoms. The molecule has 0 N–H and O–H groups in total. The van der Waals surface area contributed by atoms with Gasteiger partial charge in [0.2, 0.25) is 0 Å². The van der Waals surface area contributed by atoms with Crippen molar-refractivity contribution in [1.29, 1.82) is 0 Å². The van der Waals surface area contributed by atoms with Gasteiger partial charge in [-0.1, -0.05) is 194 Å². The molecule has 64 heavy (non-hydrogen) atoms. The molecule has 2 aliphatic rings. The van der Waals surface area contributed by atoms with Gasteiger partial charge in [-0.05, 0) is 80.9 Å². The molecule has 0 amide bonds. The maximum atomic E-state index is 5.48. The van der Waals surface area contributed by atoms with Crippen LogP contribution in [0.2, 0.25) is 0 Å². The molecule has 2 aromatic heterocycles. The van der Waals surface area contributed by atoms with E-state index in [1.807, 2.05) is 36.0 Å². The number of nitrogens with zero attached hydrogens (tertiary/aromatic N) is 4. The molecule has 4 nitrogen and oxygen atoms in total. The van der Waals surface area contributed by atoms with Crippen LogP contribution in [0.15, 0.2) is 228 Å². The van der Waals surface area contributed by atoms with Crippen molar-refractivity contribution in [2.45, 2.75) is 15.2 Å². The highest BCUT2D eigenvalue weighted by molar-refractivity contribution is 7.99. The number of hydrogen-bond donors (Lipinski definition) is 0. The van der Waals surface area contributed by atoms with Crippen LogP contribution in [0, 0.1) is 0 Å². The summed E-state index contributed by atoms with van der Waals surface area (Å²) in [6.45, 7) is 0. The van der Waals surface area contributed by atoms with E-state index in [9.17, 15) is 0 Å². The number of benzene rings is 9. The van der Waals surface area contributed by atoms with Crippen LogP contribution in [0.5, 0.6) is 0 Å². The molecule has 5 heteroatoms. The van der Waals surface area contributed by atoms with E-state index in [4.69, 9.17) is 19.9 Å². The van der Waals surface area contributed by atoms with Crippen molar-refractivity contribution in [2.24, 2.45) is 0 Å². The monoisotopic (exact) mass is 832 g/mol. The van der Waals surface area contributed by atoms with Crippen molar-refractivity contribution in [2.75, 3.05) is 0 Å². The van der Waals surface area contributed by atoms with E-state index in [0.29, 0.717) is 17.5 Å². The van der Waals surface area contributed by atoms with Crippen molar-refractivity contribution < 1.29 is 0 Å². The Hall–Kier alpha value is -7.99. The normalized spacial score (nSPS) is 13.1. The van der Waals surface area contributed by atoms with Crippen LogP contribution in [-0.2, 0) is 5.41 Å². The largest absolute Gasteiger partial charge is 0.247 e. The van der Waals surface area contributed by atoms with Gasteiger partial charge in [0.05, 0.1) is 16.6 Å². The quantitative estimate of drug-likeness (QED) is 0.162. The first-order valence-corrected chi connectivity index (χ1v) is 22.4. The van der Waals surface area contributed by atoms with Gasteiger partial charge in [0.25, 0.3) is 0 Å². The minimum Gasteiger partial charge on any atom is -0.247 e. The second-order valence-corrected chi connectivity index (χ2v) is 17.6. The first kappa shape index (κ1) is 36.6. The summed E-state index contributed by atoms with van der Waals surface area (Å²) in [7, 11) is 0. The van der Waals surface area contributed by atoms with Gasteiger partial charge in [-0.3, -0.25) is 0 Å². The Balaban J connectivity index is 1.11. The molecule has 3 heterocycles. The summed E-state index contributed by atoms with van der Waals surface area (Å²) in [5.74, 6) is 1.85. The molecule has 0 bridgehead atoms. The molecule has 0 radical (unpaired) electrons. The third kappa shape index (κ3) is 5.57. The Kier molecular flexibility index (Phi) is 8.33. The predicted octanol–water partition coefficient (Wildman–Crippen LogP) is 14.7. The minimum atomic E-state index is -0.513. The van der Waals surface area contributed by atoms with Crippen molar-refractivity contribution in [3.05, 3.63) is 241 Å². The van der Waals surface area contributed by atoms with Crippen LogP contribution in [0.4, 0.5) is 0 Å². The standard InChI is InChI=1S/C59H36N4S/c1-4-17-37(18-5-1)40-23-16-24-41(35-40)57-61-56(39-21-8-3-9-22-39)62-58(63-57)42-31-34-50-45(36-42)53-44(55(60-50)38-19-6-2-7-20-38)32-33-49-54(53)43-25-10-11-26-46(43)59(49)47-27-12-14-29-51(47)64-52-30-15-13-28-48(52)59/h1-36H. The molecule has 298 valence electrons. The summed E-state index contributed by atoms with van der Waals surface area (Å²) in [5.41, 5.74) is 15.1. The van der Waals surface area contributed by atoms with Gasteiger partial charge < -0.3 is 0 Å². The van der Waals surface area contributed by atoms with Gasteiger partial charge >= 0.3 is 0 Å². The summed E-state index contributed by atoms with van der Waals surface area (Å²) in [4.78, 5) is 23.6. The fourth-order valence-corrected chi connectivity index (χ4v) is 11.4. The molecule has 9 aromatic carbocycles. The summed E-state index contributed by atoms with van der Waals surface area (Å²) >= 11 is 1.87. The van der Waals surface area contributed by atoms with Crippen molar-refractivity contribution >= 4 is 33.4 Å². The third-order valence-corrected chi connectivity index (χ3v) is 14.1. The number of fused-ring (bicyclic) bond motifs is 13. The zero-order valence-corrected chi connectivity index (χ0v) is 35.3. The highest BCUT2D eigenvalue weighted by Gasteiger charge is 2.50. The maximum Gasteiger partial charge on any atom is 0.164 e. The number of rotatable bonds is 5. The molecule has 0 unspecified atom stereocenters. The molecule has 0 atom stereocenters. The van der Waals surface area contributed by atoms with Crippen LogP contribution in [0.1, 0.15) is 22.3 Å². The lowest BCUT2D eigenvalue weighted by Gasteiger charge is -2.39. The van der Waals surface area contributed by atoms with E-state index in [-0.39, 0.29) is 0 Å². The van der Waals surface area contributed by atoms with Crippen LogP contribution in [0.3, 0.4) is 0 Å². The lowest BCUT2D eigenvalue weighted by molar-refractivity contribution is 0.723. The third-order valence-electron chi connectivity index (χ3n) is 13.0. The molecule has 0 fully saturated rings. The van der Waals surface area contributed by atoms with Gasteiger partial charge in [-0.2, -0.15) is 0 Å². The van der Waals surface area contributed by atoms with Gasteiger partial charge in [-0.15, -0.1) is 0 Å². The van der Waals surface area contributed by atoms with E-state index >= 15 is 0 Å². The van der Waals surface area contributed by atoms with E-state index in [1.165, 1.54) is 48.6 Å². The van der Waals surface area contributed by atoms with E-state index in [2.05, 4.69) is 194 Å². The lowest BCUT2D eigenvalue weighted by atomic mass is 9.67. The summed E-state index contributed by atoms with van der Waals surface area (Å²) in [5, 5.41) is 3.33. The van der Waals surface area contributed by atoms with Gasteiger partial charge in [0, 0.05) is 48.2 Å². The Labute approximate surface area is 375 Å². The smallest absolute Gasteiger partial charge is 0.164 e. The van der Waals surface area contributed by atoms with Crippen LogP contribution < -0.4 is 0 Å². The Morgan fingerprint density at radius 1 is 0.328 bits per heavy atom. The van der Waals surface area contributed by atoms with Crippen molar-refractivity contribution in [1.82, 2.24) is 19.9 Å². The van der Waals surface area contributed by atoms with Crippen molar-refractivity contribution in [3.63, 3.8) is 0 Å². The highest BCUT2D eigenvalue weighted by Crippen LogP contribution is 2.63. The van der Waals surface area contributed by atoms with E-state index in [1.54, 1.807) is 0 Å². The maximum absolute atomic E-state index is 5.48. The fraction of sp³-hybridized carbons (Fsp3) is 0.0169. The first-order chi connectivity index (χ1) is 31.7. The summed E-state index contributed by atoms with van der Waals surface area (Å²) in [6, 6.07) is 77.9. The van der Waals surface area contributed by atoms with Crippen LogP contribution >= 0.6 is 11.8 Å². The highest BCUT2D eigenvalue weighted by atomic mass is 32.2. The minimum absolute atomic E-state index is 0.513. The number of hydrogen-bond acceptors (Lipinski definition) is 5. The fourth-order valence-electron chi connectivity index (χ4n) is 10.2. The average Bonchev–Trinajstić information content (AvgIpc) is 3.67. The Morgan fingerprint density at radius 2 is 0.859 bits per heavy atom. The molecule has 1 aliphatic heterocycles. The molecule has 0 saturated heterocycles. The van der Waals surface area contributed by atoms with E-state index in [0.717, 1.165) is 55.4 Å². The van der Waals surface area contributed by atoms with Gasteiger partial charge in [0.15, 0.2) is 17.5 Å². The topological polar surface area (TPSA) is 51.6 Å². The molecule has 0 saturated carbocycles. The second kappa shape index (κ2) is 14.6. The zero-order valence-electron chi connectivity index (χ0n) is 34.5. The van der Waals surface area contributed by atoms with Gasteiger partial charge in [0.1, 0.15) is 0 Å². The molecular formula is C59H36N4S. The molecule has 11 aromatic rings. The summed E-state index contributed by atoms with van der Waals surface area (Å²) in [6.07, 6.45) is 0. The van der Waals surface area contributed by atoms with E-state index < -0.39 is 5.41 Å². The first-order valence-electron chi connectivity index (χ1n) is 21.6. The predicted molar refractivity (Wildman–Crippen MR) is 261 cm³/mol. The Morgan fingerprint density at radius 3 is 1.55 bits per heavy atom. The molecule has 13 rings (SSSR count). The Bertz CT molecular complexity index is 3600. The van der Waals surface area contributed by atoms with Gasteiger partial charge in [-0.25, -0.2) is 19.9 Å². The van der Waals surface area contributed by atoms with Crippen LogP contribution in [-0.4, -0.2) is 19.9 Å². The van der Waals surface area contributed by atoms with Crippen molar-refractivity contribution in [3.8, 4) is 67.7 Å².